The Labute approximate surface area is 98.3 Å². The predicted molar refractivity (Wildman–Crippen MR) is 64.3 cm³/mol. The van der Waals surface area contributed by atoms with Crippen molar-refractivity contribution in [3.8, 4) is 0 Å². The highest BCUT2D eigenvalue weighted by Gasteiger charge is 2.37. The first-order valence-corrected chi connectivity index (χ1v) is 5.99. The standard InChI is InChI=1S/C12H24N2O2/c1-12(2,3)10(11(15)16-4)14-8-5-6-13-7-9-14/h10,13H,5-9H2,1-4H3. The van der Waals surface area contributed by atoms with Crippen molar-refractivity contribution in [1.82, 2.24) is 10.2 Å². The molecule has 94 valence electrons. The summed E-state index contributed by atoms with van der Waals surface area (Å²) in [7, 11) is 1.47. The summed E-state index contributed by atoms with van der Waals surface area (Å²) < 4.78 is 4.93. The normalized spacial score (nSPS) is 21.2. The molecule has 1 rings (SSSR count). The highest BCUT2D eigenvalue weighted by atomic mass is 16.5. The summed E-state index contributed by atoms with van der Waals surface area (Å²) in [6.45, 7) is 10.1. The Balaban J connectivity index is 2.78. The zero-order valence-electron chi connectivity index (χ0n) is 10.9. The minimum atomic E-state index is -0.141. The maximum atomic E-state index is 11.9. The van der Waals surface area contributed by atoms with Gasteiger partial charge in [-0.1, -0.05) is 20.8 Å². The van der Waals surface area contributed by atoms with Crippen molar-refractivity contribution in [2.75, 3.05) is 33.3 Å². The van der Waals surface area contributed by atoms with Crippen LogP contribution >= 0.6 is 0 Å². The Kier molecular flexibility index (Phi) is 4.74. The quantitative estimate of drug-likeness (QED) is 0.712. The van der Waals surface area contributed by atoms with Crippen molar-refractivity contribution in [1.29, 1.82) is 0 Å². The van der Waals surface area contributed by atoms with Crippen LogP contribution < -0.4 is 5.32 Å². The van der Waals surface area contributed by atoms with E-state index in [1.165, 1.54) is 7.11 Å². The fourth-order valence-corrected chi connectivity index (χ4v) is 2.29. The van der Waals surface area contributed by atoms with Gasteiger partial charge >= 0.3 is 5.97 Å². The Bertz CT molecular complexity index is 228. The van der Waals surface area contributed by atoms with E-state index in [1.807, 2.05) is 0 Å². The van der Waals surface area contributed by atoms with E-state index >= 15 is 0 Å². The van der Waals surface area contributed by atoms with Crippen LogP contribution in [0.25, 0.3) is 0 Å². The molecule has 0 aromatic rings. The molecule has 1 N–H and O–H groups in total. The smallest absolute Gasteiger partial charge is 0.323 e. The number of rotatable bonds is 2. The van der Waals surface area contributed by atoms with Crippen LogP contribution in [0.15, 0.2) is 0 Å². The van der Waals surface area contributed by atoms with Gasteiger partial charge in [0.2, 0.25) is 0 Å². The average molecular weight is 228 g/mol. The van der Waals surface area contributed by atoms with E-state index in [4.69, 9.17) is 4.74 Å². The van der Waals surface area contributed by atoms with Crippen molar-refractivity contribution in [2.24, 2.45) is 5.41 Å². The Hall–Kier alpha value is -0.610. The number of carbonyl (C=O) groups excluding carboxylic acids is 1. The minimum Gasteiger partial charge on any atom is -0.468 e. The Morgan fingerprint density at radius 1 is 1.31 bits per heavy atom. The third kappa shape index (κ3) is 3.46. The molecule has 0 radical (unpaired) electrons. The SMILES string of the molecule is COC(=O)C(N1CCCNCC1)C(C)(C)C. The molecule has 1 saturated heterocycles. The molecule has 1 unspecified atom stereocenters. The molecule has 1 aliphatic rings. The van der Waals surface area contributed by atoms with E-state index in [0.717, 1.165) is 32.6 Å². The molecule has 0 saturated carbocycles. The van der Waals surface area contributed by atoms with Gasteiger partial charge in [0.15, 0.2) is 0 Å². The zero-order chi connectivity index (χ0) is 12.2. The summed E-state index contributed by atoms with van der Waals surface area (Å²) in [5.41, 5.74) is -0.0859. The molecule has 1 aliphatic heterocycles. The van der Waals surface area contributed by atoms with Gasteiger partial charge in [0.1, 0.15) is 6.04 Å². The van der Waals surface area contributed by atoms with Gasteiger partial charge in [0, 0.05) is 19.6 Å². The number of esters is 1. The van der Waals surface area contributed by atoms with E-state index in [2.05, 4.69) is 31.0 Å². The van der Waals surface area contributed by atoms with Gasteiger partial charge < -0.3 is 10.1 Å². The van der Waals surface area contributed by atoms with Gasteiger partial charge in [-0.25, -0.2) is 0 Å². The van der Waals surface area contributed by atoms with Crippen LogP contribution in [0, 0.1) is 5.41 Å². The second-order valence-electron chi connectivity index (χ2n) is 5.43. The summed E-state index contributed by atoms with van der Waals surface area (Å²) in [6.07, 6.45) is 1.09. The lowest BCUT2D eigenvalue weighted by molar-refractivity contribution is -0.151. The molecule has 0 spiro atoms. The summed E-state index contributed by atoms with van der Waals surface area (Å²) >= 11 is 0. The van der Waals surface area contributed by atoms with Gasteiger partial charge in [-0.05, 0) is 18.4 Å². The Morgan fingerprint density at radius 2 is 2.00 bits per heavy atom. The molecule has 0 aromatic heterocycles. The number of carbonyl (C=O) groups is 1. The molecule has 0 bridgehead atoms. The fourth-order valence-electron chi connectivity index (χ4n) is 2.29. The summed E-state index contributed by atoms with van der Waals surface area (Å²) in [5, 5.41) is 3.35. The summed E-state index contributed by atoms with van der Waals surface area (Å²) in [5.74, 6) is -0.116. The van der Waals surface area contributed by atoms with Gasteiger partial charge in [0.05, 0.1) is 7.11 Å². The van der Waals surface area contributed by atoms with Crippen molar-refractivity contribution >= 4 is 5.97 Å². The molecule has 0 aromatic carbocycles. The molecule has 4 heteroatoms. The number of nitrogens with one attached hydrogen (secondary N) is 1. The van der Waals surface area contributed by atoms with E-state index in [-0.39, 0.29) is 17.4 Å². The highest BCUT2D eigenvalue weighted by molar-refractivity contribution is 5.76. The van der Waals surface area contributed by atoms with E-state index < -0.39 is 0 Å². The lowest BCUT2D eigenvalue weighted by Crippen LogP contribution is -2.51. The maximum absolute atomic E-state index is 11.9. The van der Waals surface area contributed by atoms with Gasteiger partial charge in [-0.3, -0.25) is 9.69 Å². The topological polar surface area (TPSA) is 41.6 Å². The number of methoxy groups -OCH3 is 1. The first-order valence-electron chi connectivity index (χ1n) is 5.99. The molecule has 0 aliphatic carbocycles. The zero-order valence-corrected chi connectivity index (χ0v) is 10.9. The van der Waals surface area contributed by atoms with Gasteiger partial charge in [-0.15, -0.1) is 0 Å². The largest absolute Gasteiger partial charge is 0.468 e. The molecule has 4 nitrogen and oxygen atoms in total. The van der Waals surface area contributed by atoms with Crippen LogP contribution in [0.2, 0.25) is 0 Å². The maximum Gasteiger partial charge on any atom is 0.323 e. The van der Waals surface area contributed by atoms with E-state index in [0.29, 0.717) is 0 Å². The van der Waals surface area contributed by atoms with Crippen LogP contribution in [-0.4, -0.2) is 50.2 Å². The predicted octanol–water partition coefficient (Wildman–Crippen LogP) is 0.869. The van der Waals surface area contributed by atoms with Crippen molar-refractivity contribution in [3.05, 3.63) is 0 Å². The van der Waals surface area contributed by atoms with Crippen LogP contribution in [0.1, 0.15) is 27.2 Å². The summed E-state index contributed by atoms with van der Waals surface area (Å²) in [6, 6.07) is -0.141. The van der Waals surface area contributed by atoms with Crippen molar-refractivity contribution in [3.63, 3.8) is 0 Å². The minimum absolute atomic E-state index is 0.0859. The number of hydrogen-bond donors (Lipinski definition) is 1. The van der Waals surface area contributed by atoms with Crippen molar-refractivity contribution in [2.45, 2.75) is 33.2 Å². The molecule has 0 amide bonds. The molecular formula is C12H24N2O2. The second kappa shape index (κ2) is 5.64. The molecule has 1 fully saturated rings. The molecular weight excluding hydrogens is 204 g/mol. The van der Waals surface area contributed by atoms with E-state index in [9.17, 15) is 4.79 Å². The molecule has 1 atom stereocenters. The van der Waals surface area contributed by atoms with Crippen LogP contribution in [-0.2, 0) is 9.53 Å². The van der Waals surface area contributed by atoms with Crippen LogP contribution in [0.5, 0.6) is 0 Å². The third-order valence-electron chi connectivity index (χ3n) is 2.98. The van der Waals surface area contributed by atoms with Crippen LogP contribution in [0.3, 0.4) is 0 Å². The first-order chi connectivity index (χ1) is 7.46. The monoisotopic (exact) mass is 228 g/mol. The molecule has 16 heavy (non-hydrogen) atoms. The summed E-state index contributed by atoms with van der Waals surface area (Å²) in [4.78, 5) is 14.1. The lowest BCUT2D eigenvalue weighted by atomic mass is 9.85. The Morgan fingerprint density at radius 3 is 2.56 bits per heavy atom. The third-order valence-corrected chi connectivity index (χ3v) is 2.98. The fraction of sp³-hybridized carbons (Fsp3) is 0.917. The first kappa shape index (κ1) is 13.5. The highest BCUT2D eigenvalue weighted by Crippen LogP contribution is 2.25. The van der Waals surface area contributed by atoms with Crippen LogP contribution in [0.4, 0.5) is 0 Å². The number of nitrogens with zero attached hydrogens (tertiary/aromatic N) is 1. The van der Waals surface area contributed by atoms with Crippen molar-refractivity contribution < 1.29 is 9.53 Å². The van der Waals surface area contributed by atoms with E-state index in [1.54, 1.807) is 0 Å². The second-order valence-corrected chi connectivity index (χ2v) is 5.43. The lowest BCUT2D eigenvalue weighted by Gasteiger charge is -2.37. The number of ether oxygens (including phenoxy) is 1. The van der Waals surface area contributed by atoms with Gasteiger partial charge in [0.25, 0.3) is 0 Å². The average Bonchev–Trinajstić information content (AvgIpc) is 2.44. The molecule has 1 heterocycles. The number of hydrogen-bond acceptors (Lipinski definition) is 4. The van der Waals surface area contributed by atoms with Gasteiger partial charge in [-0.2, -0.15) is 0 Å².